The highest BCUT2D eigenvalue weighted by molar-refractivity contribution is 7.92. The fourth-order valence-electron chi connectivity index (χ4n) is 4.81. The van der Waals surface area contributed by atoms with Crippen molar-refractivity contribution in [3.05, 3.63) is 131 Å². The molecule has 0 aliphatic rings. The average molecular weight is 616 g/mol. The predicted molar refractivity (Wildman–Crippen MR) is 171 cm³/mol. The molecule has 0 aromatic heterocycles. The highest BCUT2D eigenvalue weighted by Gasteiger charge is 2.35. The van der Waals surface area contributed by atoms with Gasteiger partial charge in [-0.1, -0.05) is 96.9 Å². The molecule has 7 nitrogen and oxygen atoms in total. The quantitative estimate of drug-likeness (QED) is 0.206. The van der Waals surface area contributed by atoms with Crippen molar-refractivity contribution in [2.75, 3.05) is 17.4 Å². The zero-order valence-electron chi connectivity index (χ0n) is 25.2. The standard InChI is InChI=1S/C35H38FN3O4S/c1-4-22-37-35(41)33(23-28-10-6-5-7-11-28)38(24-29-18-14-26(2)15-19-29)34(40)25-39(32-13-9-8-12-31(32)36)44(42,43)30-20-16-27(3)17-21-30/h5-21,33H,4,22-25H2,1-3H3,(H,37,41)/t33-/m0/s1. The Bertz CT molecular complexity index is 1660. The summed E-state index contributed by atoms with van der Waals surface area (Å²) in [6.07, 6.45) is 0.907. The van der Waals surface area contributed by atoms with Crippen molar-refractivity contribution in [3.8, 4) is 0 Å². The van der Waals surface area contributed by atoms with Crippen molar-refractivity contribution in [1.29, 1.82) is 0 Å². The summed E-state index contributed by atoms with van der Waals surface area (Å²) in [5.74, 6) is -1.78. The number of benzene rings is 4. The lowest BCUT2D eigenvalue weighted by Crippen LogP contribution is -2.53. The summed E-state index contributed by atoms with van der Waals surface area (Å²) >= 11 is 0. The van der Waals surface area contributed by atoms with Crippen LogP contribution in [-0.4, -0.2) is 44.3 Å². The molecule has 0 saturated heterocycles. The summed E-state index contributed by atoms with van der Waals surface area (Å²) in [7, 11) is -4.37. The molecule has 44 heavy (non-hydrogen) atoms. The second kappa shape index (κ2) is 14.8. The molecule has 2 amide bonds. The van der Waals surface area contributed by atoms with Crippen LogP contribution in [0.25, 0.3) is 0 Å². The number of amides is 2. The fourth-order valence-corrected chi connectivity index (χ4v) is 6.24. The number of aryl methyl sites for hydroxylation is 2. The SMILES string of the molecule is CCCNC(=O)[C@H](Cc1ccccc1)N(Cc1ccc(C)cc1)C(=O)CN(c1ccccc1F)S(=O)(=O)c1ccc(C)cc1. The van der Waals surface area contributed by atoms with Gasteiger partial charge >= 0.3 is 0 Å². The minimum absolute atomic E-state index is 0.0475. The van der Waals surface area contributed by atoms with Gasteiger partial charge in [0, 0.05) is 19.5 Å². The maximum atomic E-state index is 15.2. The summed E-state index contributed by atoms with van der Waals surface area (Å²) in [5.41, 5.74) is 3.23. The van der Waals surface area contributed by atoms with Crippen molar-refractivity contribution in [2.24, 2.45) is 0 Å². The Labute approximate surface area is 259 Å². The van der Waals surface area contributed by atoms with E-state index in [4.69, 9.17) is 0 Å². The van der Waals surface area contributed by atoms with Crippen LogP contribution in [0.15, 0.2) is 108 Å². The topological polar surface area (TPSA) is 86.8 Å². The van der Waals surface area contributed by atoms with Gasteiger partial charge in [-0.3, -0.25) is 13.9 Å². The average Bonchev–Trinajstić information content (AvgIpc) is 3.02. The van der Waals surface area contributed by atoms with E-state index in [2.05, 4.69) is 5.32 Å². The Balaban J connectivity index is 1.80. The summed E-state index contributed by atoms with van der Waals surface area (Å²) in [6, 6.07) is 27.6. The number of carbonyl (C=O) groups excluding carboxylic acids is 2. The molecule has 0 unspecified atom stereocenters. The molecular formula is C35H38FN3O4S. The molecule has 0 fully saturated rings. The van der Waals surface area contributed by atoms with Gasteiger partial charge in [-0.2, -0.15) is 0 Å². The molecule has 4 aromatic carbocycles. The van der Waals surface area contributed by atoms with Gasteiger partial charge in [-0.05, 0) is 55.7 Å². The third-order valence-electron chi connectivity index (χ3n) is 7.30. The molecule has 0 aliphatic heterocycles. The van der Waals surface area contributed by atoms with Crippen molar-refractivity contribution < 1.29 is 22.4 Å². The lowest BCUT2D eigenvalue weighted by Gasteiger charge is -2.34. The maximum absolute atomic E-state index is 15.2. The molecule has 9 heteroatoms. The van der Waals surface area contributed by atoms with Crippen LogP contribution >= 0.6 is 0 Å². The van der Waals surface area contributed by atoms with Gasteiger partial charge in [0.15, 0.2) is 0 Å². The lowest BCUT2D eigenvalue weighted by atomic mass is 10.0. The van der Waals surface area contributed by atoms with Crippen molar-refractivity contribution >= 4 is 27.5 Å². The Hall–Kier alpha value is -4.50. The minimum atomic E-state index is -4.37. The van der Waals surface area contributed by atoms with Crippen molar-refractivity contribution in [1.82, 2.24) is 10.2 Å². The van der Waals surface area contributed by atoms with E-state index in [0.29, 0.717) is 13.0 Å². The van der Waals surface area contributed by atoms with Crippen LogP contribution in [0.3, 0.4) is 0 Å². The summed E-state index contributed by atoms with van der Waals surface area (Å²) in [5, 5.41) is 2.91. The largest absolute Gasteiger partial charge is 0.354 e. The van der Waals surface area contributed by atoms with Gasteiger partial charge in [0.1, 0.15) is 18.4 Å². The second-order valence-electron chi connectivity index (χ2n) is 10.8. The number of sulfonamides is 1. The molecule has 0 bridgehead atoms. The number of para-hydroxylation sites is 1. The summed E-state index contributed by atoms with van der Waals surface area (Å²) in [6.45, 7) is 5.46. The van der Waals surface area contributed by atoms with E-state index in [0.717, 1.165) is 32.6 Å². The van der Waals surface area contributed by atoms with E-state index >= 15 is 4.39 Å². The fraction of sp³-hybridized carbons (Fsp3) is 0.257. The monoisotopic (exact) mass is 615 g/mol. The van der Waals surface area contributed by atoms with Gasteiger partial charge in [-0.15, -0.1) is 0 Å². The third kappa shape index (κ3) is 8.11. The number of halogens is 1. The first-order valence-corrected chi connectivity index (χ1v) is 16.0. The first-order chi connectivity index (χ1) is 21.1. The molecule has 230 valence electrons. The van der Waals surface area contributed by atoms with E-state index in [1.807, 2.05) is 75.4 Å². The minimum Gasteiger partial charge on any atom is -0.354 e. The van der Waals surface area contributed by atoms with Crippen LogP contribution in [0, 0.1) is 19.7 Å². The zero-order chi connectivity index (χ0) is 31.7. The Morgan fingerprint density at radius 1 is 0.795 bits per heavy atom. The highest BCUT2D eigenvalue weighted by Crippen LogP contribution is 2.27. The second-order valence-corrected chi connectivity index (χ2v) is 12.6. The Morgan fingerprint density at radius 3 is 2.00 bits per heavy atom. The number of carbonyl (C=O) groups is 2. The Kier molecular flexibility index (Phi) is 10.9. The molecule has 0 saturated carbocycles. The van der Waals surface area contributed by atoms with E-state index in [9.17, 15) is 18.0 Å². The van der Waals surface area contributed by atoms with Gasteiger partial charge in [0.2, 0.25) is 11.8 Å². The number of nitrogens with one attached hydrogen (secondary N) is 1. The summed E-state index contributed by atoms with van der Waals surface area (Å²) in [4.78, 5) is 29.4. The molecular weight excluding hydrogens is 577 g/mol. The van der Waals surface area contributed by atoms with Gasteiger partial charge in [0.05, 0.1) is 10.6 Å². The molecule has 4 aromatic rings. The number of anilines is 1. The third-order valence-corrected chi connectivity index (χ3v) is 9.08. The van der Waals surface area contributed by atoms with Gasteiger partial charge < -0.3 is 10.2 Å². The smallest absolute Gasteiger partial charge is 0.264 e. The number of rotatable bonds is 13. The first kappa shape index (κ1) is 32.4. The number of nitrogens with zero attached hydrogens (tertiary/aromatic N) is 2. The first-order valence-electron chi connectivity index (χ1n) is 14.6. The normalized spacial score (nSPS) is 11.9. The highest BCUT2D eigenvalue weighted by atomic mass is 32.2. The molecule has 1 N–H and O–H groups in total. The van der Waals surface area contributed by atoms with Crippen LogP contribution in [-0.2, 0) is 32.6 Å². The molecule has 0 aliphatic carbocycles. The van der Waals surface area contributed by atoms with Crippen LogP contribution < -0.4 is 9.62 Å². The molecule has 0 spiro atoms. The summed E-state index contributed by atoms with van der Waals surface area (Å²) < 4.78 is 44.0. The zero-order valence-corrected chi connectivity index (χ0v) is 26.1. The molecule has 1 atom stereocenters. The van der Waals surface area contributed by atoms with Crippen molar-refractivity contribution in [3.63, 3.8) is 0 Å². The number of hydrogen-bond acceptors (Lipinski definition) is 4. The molecule has 0 radical (unpaired) electrons. The van der Waals surface area contributed by atoms with E-state index in [1.165, 1.54) is 35.2 Å². The van der Waals surface area contributed by atoms with Crippen LogP contribution in [0.5, 0.6) is 0 Å². The van der Waals surface area contributed by atoms with E-state index in [1.54, 1.807) is 12.1 Å². The van der Waals surface area contributed by atoms with Crippen LogP contribution in [0.4, 0.5) is 10.1 Å². The Morgan fingerprint density at radius 2 is 1.39 bits per heavy atom. The van der Waals surface area contributed by atoms with Gasteiger partial charge in [0.25, 0.3) is 10.0 Å². The predicted octanol–water partition coefficient (Wildman–Crippen LogP) is 5.80. The van der Waals surface area contributed by atoms with E-state index in [-0.39, 0.29) is 29.5 Å². The lowest BCUT2D eigenvalue weighted by molar-refractivity contribution is -0.140. The van der Waals surface area contributed by atoms with Crippen LogP contribution in [0.2, 0.25) is 0 Å². The molecule has 0 heterocycles. The van der Waals surface area contributed by atoms with Crippen LogP contribution in [0.1, 0.15) is 35.6 Å². The van der Waals surface area contributed by atoms with Crippen molar-refractivity contribution in [2.45, 2.75) is 51.1 Å². The van der Waals surface area contributed by atoms with Gasteiger partial charge in [-0.25, -0.2) is 12.8 Å². The number of hydrogen-bond donors (Lipinski definition) is 1. The van der Waals surface area contributed by atoms with E-state index < -0.39 is 34.3 Å². The molecule has 4 rings (SSSR count). The maximum Gasteiger partial charge on any atom is 0.264 e.